The number of imidazole rings is 1. The van der Waals surface area contributed by atoms with Gasteiger partial charge in [0, 0.05) is 6.54 Å². The summed E-state index contributed by atoms with van der Waals surface area (Å²) in [4.78, 5) is 4.64. The molecular formula is C15H17ClN4. The van der Waals surface area contributed by atoms with Crippen LogP contribution in [-0.2, 0) is 19.0 Å². The zero-order valence-corrected chi connectivity index (χ0v) is 12.4. The fourth-order valence-corrected chi connectivity index (χ4v) is 2.73. The fourth-order valence-electron chi connectivity index (χ4n) is 2.52. The molecule has 0 aliphatic carbocycles. The molecule has 0 spiro atoms. The van der Waals surface area contributed by atoms with E-state index in [4.69, 9.17) is 11.6 Å². The van der Waals surface area contributed by atoms with E-state index in [1.165, 1.54) is 5.56 Å². The van der Waals surface area contributed by atoms with Crippen molar-refractivity contribution in [1.29, 1.82) is 0 Å². The van der Waals surface area contributed by atoms with Gasteiger partial charge in [-0.15, -0.1) is 11.6 Å². The Kier molecular flexibility index (Phi) is 3.49. The number of fused-ring (bicyclic) bond motifs is 1. The maximum absolute atomic E-state index is 6.06. The van der Waals surface area contributed by atoms with Crippen LogP contribution in [0, 0.1) is 6.92 Å². The predicted octanol–water partition coefficient (Wildman–Crippen LogP) is 3.35. The second-order valence-electron chi connectivity index (χ2n) is 4.81. The molecule has 0 unspecified atom stereocenters. The van der Waals surface area contributed by atoms with Gasteiger partial charge in [-0.2, -0.15) is 5.10 Å². The molecule has 0 saturated heterocycles. The smallest absolute Gasteiger partial charge is 0.159 e. The molecule has 5 heteroatoms. The molecule has 104 valence electrons. The molecule has 3 aromatic rings. The summed E-state index contributed by atoms with van der Waals surface area (Å²) < 4.78 is 4.16. The number of aryl methyl sites for hydroxylation is 2. The van der Waals surface area contributed by atoms with Gasteiger partial charge in [0.1, 0.15) is 11.3 Å². The Morgan fingerprint density at radius 1 is 1.20 bits per heavy atom. The summed E-state index contributed by atoms with van der Waals surface area (Å²) >= 11 is 6.06. The number of rotatable bonds is 4. The molecule has 0 atom stereocenters. The van der Waals surface area contributed by atoms with E-state index in [1.807, 2.05) is 29.8 Å². The quantitative estimate of drug-likeness (QED) is 0.690. The van der Waals surface area contributed by atoms with Crippen molar-refractivity contribution >= 4 is 22.8 Å². The lowest BCUT2D eigenvalue weighted by Crippen LogP contribution is -2.09. The molecule has 4 nitrogen and oxygen atoms in total. The first kappa shape index (κ1) is 13.2. The molecule has 0 radical (unpaired) electrons. The highest BCUT2D eigenvalue weighted by molar-refractivity contribution is 6.16. The number of benzene rings is 1. The molecule has 0 amide bonds. The summed E-state index contributed by atoms with van der Waals surface area (Å²) in [5, 5.41) is 4.54. The largest absolute Gasteiger partial charge is 0.307 e. The highest BCUT2D eigenvalue weighted by Gasteiger charge is 2.17. The van der Waals surface area contributed by atoms with Crippen LogP contribution in [0.5, 0.6) is 0 Å². The minimum Gasteiger partial charge on any atom is -0.307 e. The van der Waals surface area contributed by atoms with Gasteiger partial charge in [-0.1, -0.05) is 30.3 Å². The number of hydrogen-bond donors (Lipinski definition) is 0. The van der Waals surface area contributed by atoms with Crippen LogP contribution >= 0.6 is 11.6 Å². The molecule has 0 bridgehead atoms. The van der Waals surface area contributed by atoms with Gasteiger partial charge in [0.25, 0.3) is 0 Å². The second kappa shape index (κ2) is 5.29. The average Bonchev–Trinajstić information content (AvgIpc) is 2.99. The summed E-state index contributed by atoms with van der Waals surface area (Å²) in [6.07, 6.45) is 0. The van der Waals surface area contributed by atoms with Crippen molar-refractivity contribution in [1.82, 2.24) is 19.3 Å². The zero-order valence-electron chi connectivity index (χ0n) is 11.7. The van der Waals surface area contributed by atoms with Crippen molar-refractivity contribution in [3.05, 3.63) is 47.4 Å². The summed E-state index contributed by atoms with van der Waals surface area (Å²) in [6, 6.07) is 10.3. The van der Waals surface area contributed by atoms with Gasteiger partial charge in [0.05, 0.1) is 18.1 Å². The van der Waals surface area contributed by atoms with Crippen LogP contribution in [0.15, 0.2) is 30.3 Å². The van der Waals surface area contributed by atoms with Crippen LogP contribution in [-0.4, -0.2) is 19.3 Å². The maximum Gasteiger partial charge on any atom is 0.159 e. The average molecular weight is 289 g/mol. The lowest BCUT2D eigenvalue weighted by atomic mass is 10.2. The van der Waals surface area contributed by atoms with Gasteiger partial charge >= 0.3 is 0 Å². The van der Waals surface area contributed by atoms with E-state index in [1.54, 1.807) is 0 Å². The van der Waals surface area contributed by atoms with E-state index in [9.17, 15) is 0 Å². The third kappa shape index (κ3) is 2.10. The van der Waals surface area contributed by atoms with Crippen LogP contribution in [0.4, 0.5) is 0 Å². The molecule has 0 N–H and O–H groups in total. The molecular weight excluding hydrogens is 272 g/mol. The Morgan fingerprint density at radius 2 is 1.95 bits per heavy atom. The molecule has 20 heavy (non-hydrogen) atoms. The Hall–Kier alpha value is -1.81. The Labute approximate surface area is 123 Å². The molecule has 1 aromatic carbocycles. The SMILES string of the molecule is CCn1nc(C)c2nc(CCl)n(Cc3ccccc3)c21. The van der Waals surface area contributed by atoms with Crippen molar-refractivity contribution in [2.24, 2.45) is 0 Å². The molecule has 0 saturated carbocycles. The van der Waals surface area contributed by atoms with E-state index in [0.29, 0.717) is 5.88 Å². The lowest BCUT2D eigenvalue weighted by molar-refractivity contribution is 0.639. The third-order valence-corrected chi connectivity index (χ3v) is 3.72. The van der Waals surface area contributed by atoms with Crippen LogP contribution in [0.25, 0.3) is 11.2 Å². The molecule has 0 aliphatic rings. The first-order valence-electron chi connectivity index (χ1n) is 6.77. The van der Waals surface area contributed by atoms with Crippen molar-refractivity contribution in [3.63, 3.8) is 0 Å². The van der Waals surface area contributed by atoms with Gasteiger partial charge in [0.2, 0.25) is 0 Å². The van der Waals surface area contributed by atoms with Crippen molar-refractivity contribution < 1.29 is 0 Å². The molecule has 0 aliphatic heterocycles. The highest BCUT2D eigenvalue weighted by Crippen LogP contribution is 2.22. The standard InChI is InChI=1S/C15H17ClN4/c1-3-20-15-14(11(2)18-20)17-13(9-16)19(15)10-12-7-5-4-6-8-12/h4-8H,3,9-10H2,1-2H3. The lowest BCUT2D eigenvalue weighted by Gasteiger charge is -2.09. The van der Waals surface area contributed by atoms with Gasteiger partial charge in [-0.05, 0) is 19.4 Å². The molecule has 3 rings (SSSR count). The van der Waals surface area contributed by atoms with Crippen LogP contribution in [0.3, 0.4) is 0 Å². The molecule has 0 fully saturated rings. The minimum absolute atomic E-state index is 0.407. The minimum atomic E-state index is 0.407. The van der Waals surface area contributed by atoms with Gasteiger partial charge in [0.15, 0.2) is 5.65 Å². The highest BCUT2D eigenvalue weighted by atomic mass is 35.5. The molecule has 2 heterocycles. The normalized spacial score (nSPS) is 11.3. The van der Waals surface area contributed by atoms with E-state index in [2.05, 4.69) is 33.7 Å². The van der Waals surface area contributed by atoms with Crippen molar-refractivity contribution in [2.75, 3.05) is 0 Å². The van der Waals surface area contributed by atoms with Crippen molar-refractivity contribution in [3.8, 4) is 0 Å². The first-order chi connectivity index (χ1) is 9.74. The van der Waals surface area contributed by atoms with Gasteiger partial charge < -0.3 is 4.57 Å². The Balaban J connectivity index is 2.16. The van der Waals surface area contributed by atoms with E-state index < -0.39 is 0 Å². The third-order valence-electron chi connectivity index (χ3n) is 3.48. The molecule has 2 aromatic heterocycles. The van der Waals surface area contributed by atoms with Crippen LogP contribution < -0.4 is 0 Å². The number of hydrogen-bond acceptors (Lipinski definition) is 2. The van der Waals surface area contributed by atoms with Crippen LogP contribution in [0.1, 0.15) is 24.0 Å². The Morgan fingerprint density at radius 3 is 2.60 bits per heavy atom. The number of aromatic nitrogens is 4. The maximum atomic E-state index is 6.06. The fraction of sp³-hybridized carbons (Fsp3) is 0.333. The van der Waals surface area contributed by atoms with Gasteiger partial charge in [-0.3, -0.25) is 0 Å². The van der Waals surface area contributed by atoms with E-state index >= 15 is 0 Å². The number of nitrogens with zero attached hydrogens (tertiary/aromatic N) is 4. The number of alkyl halides is 1. The summed E-state index contributed by atoms with van der Waals surface area (Å²) in [6.45, 7) is 5.68. The van der Waals surface area contributed by atoms with Crippen LogP contribution in [0.2, 0.25) is 0 Å². The summed E-state index contributed by atoms with van der Waals surface area (Å²) in [7, 11) is 0. The zero-order chi connectivity index (χ0) is 14.1. The topological polar surface area (TPSA) is 35.6 Å². The predicted molar refractivity (Wildman–Crippen MR) is 81.0 cm³/mol. The number of halogens is 1. The second-order valence-corrected chi connectivity index (χ2v) is 5.07. The summed E-state index contributed by atoms with van der Waals surface area (Å²) in [5.74, 6) is 1.30. The van der Waals surface area contributed by atoms with E-state index in [-0.39, 0.29) is 0 Å². The van der Waals surface area contributed by atoms with E-state index in [0.717, 1.165) is 35.8 Å². The first-order valence-corrected chi connectivity index (χ1v) is 7.30. The Bertz CT molecular complexity index is 727. The van der Waals surface area contributed by atoms with Crippen molar-refractivity contribution in [2.45, 2.75) is 32.8 Å². The monoisotopic (exact) mass is 288 g/mol. The van der Waals surface area contributed by atoms with Gasteiger partial charge in [-0.25, -0.2) is 9.67 Å². The summed E-state index contributed by atoms with van der Waals surface area (Å²) in [5.41, 5.74) is 4.21.